The standard InChI is InChI=1S/C6H15N6O3.H2NO3/c1-10(2)4-3-5-11(9-13)6(7)8-12(14)15;2-1(3)4/h3-5H2,1-2H3,(H2,7,8)(H,14,15);(H2,2,3,4)/q2*+1. The van der Waals surface area contributed by atoms with Crippen molar-refractivity contribution in [2.75, 3.05) is 27.2 Å². The summed E-state index contributed by atoms with van der Waals surface area (Å²) >= 11 is 0. The monoisotopic (exact) mass is 283 g/mol. The Morgan fingerprint density at radius 1 is 1.21 bits per heavy atom. The Bertz CT molecular complexity index is 328. The van der Waals surface area contributed by atoms with Gasteiger partial charge in [0.2, 0.25) is 0 Å². The van der Waals surface area contributed by atoms with E-state index >= 15 is 0 Å². The molecule has 0 saturated carbocycles. The van der Waals surface area contributed by atoms with Crippen LogP contribution in [0, 0.1) is 14.7 Å². The highest BCUT2D eigenvalue weighted by atomic mass is 16.9. The van der Waals surface area contributed by atoms with Crippen LogP contribution >= 0.6 is 0 Å². The van der Waals surface area contributed by atoms with Gasteiger partial charge in [-0.15, -0.1) is 4.91 Å². The molecule has 0 aliphatic heterocycles. The molecule has 5 N–H and O–H groups in total. The lowest BCUT2D eigenvalue weighted by Crippen LogP contribution is -2.35. The lowest BCUT2D eigenvalue weighted by molar-refractivity contribution is -0.969. The van der Waals surface area contributed by atoms with E-state index in [1.165, 1.54) is 0 Å². The minimum absolute atomic E-state index is 0.227. The normalized spacial score (nSPS) is 10.4. The molecule has 0 spiro atoms. The molecule has 0 aliphatic carbocycles. The average molecular weight is 283 g/mol. The van der Waals surface area contributed by atoms with Gasteiger partial charge in [0.1, 0.15) is 14.9 Å². The molecule has 19 heavy (non-hydrogen) atoms. The van der Waals surface area contributed by atoms with Crippen molar-refractivity contribution in [2.45, 2.75) is 6.42 Å². The Hall–Kier alpha value is -2.57. The van der Waals surface area contributed by atoms with Gasteiger partial charge in [0.15, 0.2) is 0 Å². The van der Waals surface area contributed by atoms with E-state index in [0.29, 0.717) is 6.42 Å². The van der Waals surface area contributed by atoms with Gasteiger partial charge < -0.3 is 10.6 Å². The second-order valence-electron chi connectivity index (χ2n) is 3.33. The van der Waals surface area contributed by atoms with Crippen molar-refractivity contribution in [2.24, 2.45) is 16.1 Å². The smallest absolute Gasteiger partial charge is 0.363 e. The summed E-state index contributed by atoms with van der Waals surface area (Å²) in [7, 11) is 3.76. The van der Waals surface area contributed by atoms with Crippen molar-refractivity contribution in [1.29, 1.82) is 0 Å². The van der Waals surface area contributed by atoms with Gasteiger partial charge in [-0.2, -0.15) is 5.01 Å². The van der Waals surface area contributed by atoms with Crippen LogP contribution in [0.2, 0.25) is 0 Å². The number of rotatable bonds is 6. The van der Waals surface area contributed by atoms with Crippen molar-refractivity contribution in [3.8, 4) is 0 Å². The third-order valence-corrected chi connectivity index (χ3v) is 1.53. The van der Waals surface area contributed by atoms with Gasteiger partial charge in [-0.05, 0) is 27.1 Å². The number of nitrogens with zero attached hydrogens (tertiary/aromatic N) is 6. The molecule has 110 valence electrons. The largest absolute Gasteiger partial charge is 0.472 e. The fraction of sp³-hybridized carbons (Fsp3) is 0.833. The Morgan fingerprint density at radius 3 is 2.00 bits per heavy atom. The zero-order chi connectivity index (χ0) is 15.4. The van der Waals surface area contributed by atoms with Gasteiger partial charge in [0.25, 0.3) is 5.96 Å². The fourth-order valence-electron chi connectivity index (χ4n) is 0.873. The van der Waals surface area contributed by atoms with Gasteiger partial charge in [0, 0.05) is 6.54 Å². The second kappa shape index (κ2) is 10.6. The van der Waals surface area contributed by atoms with Gasteiger partial charge in [-0.3, -0.25) is 0 Å². The molecule has 13 nitrogen and oxygen atoms in total. The van der Waals surface area contributed by atoms with Crippen LogP contribution in [0.4, 0.5) is 0 Å². The zero-order valence-corrected chi connectivity index (χ0v) is 10.4. The molecule has 0 rings (SSSR count). The van der Waals surface area contributed by atoms with Gasteiger partial charge >= 0.3 is 10.1 Å². The molecule has 0 aromatic carbocycles. The molecular formula is C6H17N7O6+2. The van der Waals surface area contributed by atoms with Gasteiger partial charge in [-0.1, -0.05) is 0 Å². The molecule has 0 bridgehead atoms. The predicted octanol–water partition coefficient (Wildman–Crippen LogP) is -1.14. The highest BCUT2D eigenvalue weighted by Gasteiger charge is 2.13. The van der Waals surface area contributed by atoms with E-state index in [0.717, 1.165) is 11.6 Å². The SMILES string of the molecule is CN(C)CCCN(N=O)/C(N)=N/[N+](=O)O.O=[N+](O)O. The van der Waals surface area contributed by atoms with E-state index in [4.69, 9.17) is 26.3 Å². The number of hydrogen-bond acceptors (Lipinski definition) is 5. The van der Waals surface area contributed by atoms with Crippen LogP contribution in [-0.4, -0.2) is 68.8 Å². The first-order chi connectivity index (χ1) is 8.70. The van der Waals surface area contributed by atoms with Gasteiger partial charge in [0.05, 0.1) is 5.29 Å². The van der Waals surface area contributed by atoms with E-state index in [-0.39, 0.29) is 6.54 Å². The summed E-state index contributed by atoms with van der Waals surface area (Å²) in [6, 6.07) is 0. The van der Waals surface area contributed by atoms with E-state index in [1.807, 2.05) is 19.0 Å². The first-order valence-corrected chi connectivity index (χ1v) is 4.81. The Balaban J connectivity index is 0. The van der Waals surface area contributed by atoms with Crippen molar-refractivity contribution in [1.82, 2.24) is 9.91 Å². The van der Waals surface area contributed by atoms with Crippen molar-refractivity contribution in [3.63, 3.8) is 0 Å². The lowest BCUT2D eigenvalue weighted by Gasteiger charge is -2.13. The number of guanidine groups is 1. The molecular weight excluding hydrogens is 266 g/mol. The molecule has 0 radical (unpaired) electrons. The summed E-state index contributed by atoms with van der Waals surface area (Å²) in [6.45, 7) is 0.963. The first kappa shape index (κ1) is 18.8. The predicted molar refractivity (Wildman–Crippen MR) is 59.9 cm³/mol. The van der Waals surface area contributed by atoms with E-state index in [9.17, 15) is 9.81 Å². The number of hydrogen-bond donors (Lipinski definition) is 4. The number of hydrazone groups is 1. The molecule has 13 heteroatoms. The van der Waals surface area contributed by atoms with E-state index in [2.05, 4.69) is 10.4 Å². The van der Waals surface area contributed by atoms with Crippen molar-refractivity contribution < 1.29 is 25.7 Å². The minimum atomic E-state index is -1.25. The van der Waals surface area contributed by atoms with Crippen LogP contribution in [0.1, 0.15) is 6.42 Å². The topological polar surface area (TPSA) is 175 Å². The lowest BCUT2D eigenvalue weighted by atomic mass is 10.4. The van der Waals surface area contributed by atoms with Crippen LogP contribution < -0.4 is 5.73 Å². The molecule has 0 unspecified atom stereocenters. The van der Waals surface area contributed by atoms with Crippen molar-refractivity contribution in [3.05, 3.63) is 14.7 Å². The molecule has 0 fully saturated rings. The second-order valence-corrected chi connectivity index (χ2v) is 3.33. The Kier molecular flexibility index (Phi) is 10.5. The molecule has 0 heterocycles. The maximum Gasteiger partial charge on any atom is 0.472 e. The number of nitrogens with two attached hydrogens (primary N) is 1. The quantitative estimate of drug-likeness (QED) is 0.203. The third kappa shape index (κ3) is 15.4. The van der Waals surface area contributed by atoms with Gasteiger partial charge in [-0.25, -0.2) is 15.6 Å². The molecule has 0 aliphatic rings. The Labute approximate surface area is 107 Å². The fourth-order valence-corrected chi connectivity index (χ4v) is 0.873. The van der Waals surface area contributed by atoms with Crippen LogP contribution in [0.5, 0.6) is 0 Å². The Morgan fingerprint density at radius 2 is 1.68 bits per heavy atom. The highest BCUT2D eigenvalue weighted by molar-refractivity contribution is 5.76. The summed E-state index contributed by atoms with van der Waals surface area (Å²) in [5.41, 5.74) is 5.21. The van der Waals surface area contributed by atoms with E-state index in [1.54, 1.807) is 0 Å². The third-order valence-electron chi connectivity index (χ3n) is 1.53. The van der Waals surface area contributed by atoms with E-state index < -0.39 is 16.1 Å². The molecule has 0 aromatic rings. The van der Waals surface area contributed by atoms with Crippen LogP contribution in [-0.2, 0) is 0 Å². The zero-order valence-electron chi connectivity index (χ0n) is 10.4. The maximum atomic E-state index is 10.3. The van der Waals surface area contributed by atoms with Crippen LogP contribution in [0.15, 0.2) is 10.4 Å². The highest BCUT2D eigenvalue weighted by Crippen LogP contribution is 1.93. The minimum Gasteiger partial charge on any atom is -0.363 e. The summed E-state index contributed by atoms with van der Waals surface area (Å²) in [5.74, 6) is -0.443. The molecule has 0 amide bonds. The summed E-state index contributed by atoms with van der Waals surface area (Å²) < 4.78 is 0. The van der Waals surface area contributed by atoms with Crippen LogP contribution in [0.25, 0.3) is 0 Å². The molecule has 0 atom stereocenters. The molecule has 0 aromatic heterocycles. The summed E-state index contributed by atoms with van der Waals surface area (Å²) in [6.07, 6.45) is 0.624. The summed E-state index contributed by atoms with van der Waals surface area (Å²) in [4.78, 5) is 30.8. The summed E-state index contributed by atoms with van der Waals surface area (Å²) in [5, 5.41) is 26.3. The maximum absolute atomic E-state index is 10.3. The van der Waals surface area contributed by atoms with Crippen LogP contribution in [0.3, 0.4) is 0 Å². The average Bonchev–Trinajstić information content (AvgIpc) is 2.21. The van der Waals surface area contributed by atoms with Crippen molar-refractivity contribution >= 4 is 5.96 Å². The first-order valence-electron chi connectivity index (χ1n) is 4.81. The molecule has 0 saturated heterocycles. The number of nitroso groups, excluding NO2 is 1.